The van der Waals surface area contributed by atoms with Crippen molar-refractivity contribution >= 4 is 11.3 Å². The van der Waals surface area contributed by atoms with Gasteiger partial charge in [0.1, 0.15) is 0 Å². The fraction of sp³-hybridized carbons (Fsp3) is 0.357. The normalized spacial score (nSPS) is 11.8. The van der Waals surface area contributed by atoms with Gasteiger partial charge >= 0.3 is 6.18 Å². The zero-order chi connectivity index (χ0) is 14.6. The Kier molecular flexibility index (Phi) is 4.77. The molecule has 0 fully saturated rings. The van der Waals surface area contributed by atoms with E-state index in [0.29, 0.717) is 11.6 Å². The third-order valence-corrected chi connectivity index (χ3v) is 3.95. The molecule has 2 aromatic rings. The number of nitrogens with two attached hydrogens (primary N) is 1. The Morgan fingerprint density at radius 3 is 2.65 bits per heavy atom. The van der Waals surface area contributed by atoms with Crippen LogP contribution in [0.3, 0.4) is 0 Å². The van der Waals surface area contributed by atoms with Crippen LogP contribution in [0.5, 0.6) is 0 Å². The van der Waals surface area contributed by atoms with Crippen LogP contribution < -0.4 is 5.73 Å². The molecule has 0 aliphatic heterocycles. The van der Waals surface area contributed by atoms with Gasteiger partial charge in [-0.15, -0.1) is 11.3 Å². The summed E-state index contributed by atoms with van der Waals surface area (Å²) < 4.78 is 38.7. The minimum Gasteiger partial charge on any atom is -0.330 e. The summed E-state index contributed by atoms with van der Waals surface area (Å²) in [6.07, 6.45) is -0.694. The number of aromatic nitrogens is 1. The fourth-order valence-electron chi connectivity index (χ4n) is 1.94. The maximum atomic E-state index is 12.9. The lowest BCUT2D eigenvalue weighted by Gasteiger charge is -2.11. The van der Waals surface area contributed by atoms with Crippen LogP contribution in [0, 0.1) is 0 Å². The number of thiazole rings is 1. The third-order valence-electron chi connectivity index (χ3n) is 2.89. The van der Waals surface area contributed by atoms with Crippen molar-refractivity contribution < 1.29 is 13.2 Å². The lowest BCUT2D eigenvalue weighted by molar-refractivity contribution is -0.138. The first kappa shape index (κ1) is 15.0. The molecule has 0 saturated heterocycles. The Balaban J connectivity index is 2.16. The molecule has 2 N–H and O–H groups in total. The van der Waals surface area contributed by atoms with Gasteiger partial charge in [0.25, 0.3) is 0 Å². The van der Waals surface area contributed by atoms with Crippen LogP contribution in [-0.4, -0.2) is 11.5 Å². The fourth-order valence-corrected chi connectivity index (χ4v) is 2.92. The van der Waals surface area contributed by atoms with E-state index in [0.717, 1.165) is 23.8 Å². The van der Waals surface area contributed by atoms with Gasteiger partial charge in [0.05, 0.1) is 10.6 Å². The van der Waals surface area contributed by atoms with E-state index in [-0.39, 0.29) is 12.0 Å². The van der Waals surface area contributed by atoms with Crippen LogP contribution >= 0.6 is 11.3 Å². The maximum absolute atomic E-state index is 12.9. The second-order valence-electron chi connectivity index (χ2n) is 4.44. The number of benzene rings is 1. The first-order valence-electron chi connectivity index (χ1n) is 6.29. The van der Waals surface area contributed by atoms with Gasteiger partial charge in [0, 0.05) is 17.5 Å². The zero-order valence-electron chi connectivity index (χ0n) is 10.8. The number of aryl methyl sites for hydroxylation is 1. The van der Waals surface area contributed by atoms with Gasteiger partial charge in [0.15, 0.2) is 0 Å². The largest absolute Gasteiger partial charge is 0.416 e. The number of hydrogen-bond donors (Lipinski definition) is 1. The zero-order valence-corrected chi connectivity index (χ0v) is 11.6. The molecule has 108 valence electrons. The minimum atomic E-state index is -4.32. The number of halogens is 3. The molecule has 2 nitrogen and oxygen atoms in total. The molecule has 0 bridgehead atoms. The quantitative estimate of drug-likeness (QED) is 0.915. The first-order chi connectivity index (χ1) is 9.50. The van der Waals surface area contributed by atoms with Crippen molar-refractivity contribution in [1.82, 2.24) is 4.98 Å². The number of hydrogen-bond acceptors (Lipinski definition) is 3. The Labute approximate surface area is 119 Å². The number of alkyl halides is 3. The lowest BCUT2D eigenvalue weighted by atomic mass is 10.0. The van der Waals surface area contributed by atoms with E-state index < -0.39 is 11.7 Å². The second-order valence-corrected chi connectivity index (χ2v) is 5.64. The highest BCUT2D eigenvalue weighted by Gasteiger charge is 2.32. The SMILES string of the molecule is NCCCc1cnc(Cc2ccccc2C(F)(F)F)s1. The predicted octanol–water partition coefficient (Wildman–Crippen LogP) is 3.64. The van der Waals surface area contributed by atoms with E-state index in [1.54, 1.807) is 12.3 Å². The van der Waals surface area contributed by atoms with Gasteiger partial charge in [-0.1, -0.05) is 18.2 Å². The van der Waals surface area contributed by atoms with E-state index in [2.05, 4.69) is 4.98 Å². The van der Waals surface area contributed by atoms with Crippen LogP contribution in [0.4, 0.5) is 13.2 Å². The molecule has 1 heterocycles. The molecule has 0 aliphatic rings. The van der Waals surface area contributed by atoms with Crippen molar-refractivity contribution in [2.45, 2.75) is 25.4 Å². The molecule has 0 saturated carbocycles. The van der Waals surface area contributed by atoms with Gasteiger partial charge in [0.2, 0.25) is 0 Å². The predicted molar refractivity (Wildman–Crippen MR) is 73.7 cm³/mol. The molecular weight excluding hydrogens is 285 g/mol. The molecule has 0 amide bonds. The molecule has 0 atom stereocenters. The summed E-state index contributed by atoms with van der Waals surface area (Å²) in [4.78, 5) is 5.26. The molecule has 0 radical (unpaired) electrons. The number of nitrogens with zero attached hydrogens (tertiary/aromatic N) is 1. The summed E-state index contributed by atoms with van der Waals surface area (Å²) in [5.41, 5.74) is 5.11. The standard InChI is InChI=1S/C14H15F3N2S/c15-14(16,17)12-6-2-1-4-10(12)8-13-19-9-11(20-13)5-3-7-18/h1-2,4,6,9H,3,5,7-8,18H2. The Morgan fingerprint density at radius 1 is 1.20 bits per heavy atom. The highest BCUT2D eigenvalue weighted by molar-refractivity contribution is 7.11. The van der Waals surface area contributed by atoms with Crippen LogP contribution in [0.2, 0.25) is 0 Å². The molecule has 2 rings (SSSR count). The van der Waals surface area contributed by atoms with E-state index >= 15 is 0 Å². The first-order valence-corrected chi connectivity index (χ1v) is 7.11. The molecule has 0 aliphatic carbocycles. The van der Waals surface area contributed by atoms with E-state index in [1.807, 2.05) is 0 Å². The smallest absolute Gasteiger partial charge is 0.330 e. The van der Waals surface area contributed by atoms with Gasteiger partial charge < -0.3 is 5.73 Å². The summed E-state index contributed by atoms with van der Waals surface area (Å²) in [6.45, 7) is 0.601. The summed E-state index contributed by atoms with van der Waals surface area (Å²) in [6, 6.07) is 5.64. The topological polar surface area (TPSA) is 38.9 Å². The lowest BCUT2D eigenvalue weighted by Crippen LogP contribution is -2.09. The molecule has 1 aromatic heterocycles. The summed E-state index contributed by atoms with van der Waals surface area (Å²) in [7, 11) is 0. The van der Waals surface area contributed by atoms with Crippen LogP contribution in [0.15, 0.2) is 30.5 Å². The second kappa shape index (κ2) is 6.37. The Bertz CT molecular complexity index is 564. The number of rotatable bonds is 5. The van der Waals surface area contributed by atoms with Crippen molar-refractivity contribution in [3.05, 3.63) is 51.5 Å². The minimum absolute atomic E-state index is 0.211. The molecule has 6 heteroatoms. The van der Waals surface area contributed by atoms with E-state index in [4.69, 9.17) is 5.73 Å². The maximum Gasteiger partial charge on any atom is 0.416 e. The van der Waals surface area contributed by atoms with Gasteiger partial charge in [-0.05, 0) is 31.0 Å². The molecule has 0 spiro atoms. The van der Waals surface area contributed by atoms with Crippen LogP contribution in [-0.2, 0) is 19.0 Å². The van der Waals surface area contributed by atoms with Crippen molar-refractivity contribution in [2.24, 2.45) is 5.73 Å². The van der Waals surface area contributed by atoms with Gasteiger partial charge in [-0.25, -0.2) is 4.98 Å². The van der Waals surface area contributed by atoms with Crippen LogP contribution in [0.25, 0.3) is 0 Å². The highest BCUT2D eigenvalue weighted by Crippen LogP contribution is 2.33. The van der Waals surface area contributed by atoms with E-state index in [9.17, 15) is 13.2 Å². The summed E-state index contributed by atoms with van der Waals surface area (Å²) >= 11 is 1.45. The molecule has 0 unspecified atom stereocenters. The molecule has 20 heavy (non-hydrogen) atoms. The van der Waals surface area contributed by atoms with Crippen molar-refractivity contribution in [2.75, 3.05) is 6.54 Å². The van der Waals surface area contributed by atoms with Gasteiger partial charge in [-0.3, -0.25) is 0 Å². The highest BCUT2D eigenvalue weighted by atomic mass is 32.1. The van der Waals surface area contributed by atoms with Crippen molar-refractivity contribution in [3.8, 4) is 0 Å². The third kappa shape index (κ3) is 3.80. The van der Waals surface area contributed by atoms with Gasteiger partial charge in [-0.2, -0.15) is 13.2 Å². The summed E-state index contributed by atoms with van der Waals surface area (Å²) in [5.74, 6) is 0. The van der Waals surface area contributed by atoms with Crippen LogP contribution in [0.1, 0.15) is 27.4 Å². The Morgan fingerprint density at radius 2 is 1.95 bits per heavy atom. The Hall–Kier alpha value is -1.40. The average molecular weight is 300 g/mol. The monoisotopic (exact) mass is 300 g/mol. The molecular formula is C14H15F3N2S. The average Bonchev–Trinajstić information content (AvgIpc) is 2.83. The van der Waals surface area contributed by atoms with E-state index in [1.165, 1.54) is 23.5 Å². The van der Waals surface area contributed by atoms with Crippen molar-refractivity contribution in [1.29, 1.82) is 0 Å². The molecule has 1 aromatic carbocycles. The summed E-state index contributed by atoms with van der Waals surface area (Å²) in [5, 5.41) is 0.703. The van der Waals surface area contributed by atoms with Crippen molar-refractivity contribution in [3.63, 3.8) is 0 Å².